The van der Waals surface area contributed by atoms with E-state index < -0.39 is 12.2 Å². The van der Waals surface area contributed by atoms with Gasteiger partial charge in [-0.2, -0.15) is 0 Å². The number of aliphatic imine (C=N–C) groups is 1. The number of imide groups is 1. The zero-order valence-corrected chi connectivity index (χ0v) is 19.7. The first-order valence-electron chi connectivity index (χ1n) is 11.7. The topological polar surface area (TPSA) is 65.0 Å². The minimum atomic E-state index is -0.414. The van der Waals surface area contributed by atoms with Crippen LogP contribution in [-0.2, 0) is 11.2 Å². The number of amides is 3. The number of thioether (sulfide) groups is 1. The summed E-state index contributed by atoms with van der Waals surface area (Å²) >= 11 is 1.72. The van der Waals surface area contributed by atoms with E-state index in [2.05, 4.69) is 41.4 Å². The zero-order chi connectivity index (χ0) is 22.1. The van der Waals surface area contributed by atoms with E-state index in [9.17, 15) is 9.59 Å². The van der Waals surface area contributed by atoms with Gasteiger partial charge in [-0.05, 0) is 24.8 Å². The summed E-state index contributed by atoms with van der Waals surface area (Å²) < 4.78 is 0. The Morgan fingerprint density at radius 1 is 1.00 bits per heavy atom. The predicted molar refractivity (Wildman–Crippen MR) is 128 cm³/mol. The lowest BCUT2D eigenvalue weighted by Gasteiger charge is -2.36. The van der Waals surface area contributed by atoms with E-state index in [1.165, 1.54) is 44.1 Å². The molecule has 0 spiro atoms. The average molecular weight is 445 g/mol. The molecule has 0 saturated carbocycles. The number of aryl methyl sites for hydroxylation is 1. The Kier molecular flexibility index (Phi) is 9.25. The summed E-state index contributed by atoms with van der Waals surface area (Å²) in [4.78, 5) is 33.2. The zero-order valence-electron chi connectivity index (χ0n) is 18.9. The minimum absolute atomic E-state index is 0.223. The summed E-state index contributed by atoms with van der Waals surface area (Å²) in [7, 11) is 1.72. The fourth-order valence-electron chi connectivity index (χ4n) is 4.18. The summed E-state index contributed by atoms with van der Waals surface area (Å²) in [6, 6.07) is 9.74. The van der Waals surface area contributed by atoms with Crippen LogP contribution in [0.4, 0.5) is 4.79 Å². The summed E-state index contributed by atoms with van der Waals surface area (Å²) in [6.45, 7) is 3.05. The van der Waals surface area contributed by atoms with Gasteiger partial charge in [0.2, 0.25) is 0 Å². The maximum Gasteiger partial charge on any atom is 0.325 e. The molecule has 0 bridgehead atoms. The van der Waals surface area contributed by atoms with E-state index in [-0.39, 0.29) is 11.9 Å². The van der Waals surface area contributed by atoms with E-state index >= 15 is 0 Å². The van der Waals surface area contributed by atoms with Crippen molar-refractivity contribution in [1.29, 1.82) is 0 Å². The predicted octanol–water partition coefficient (Wildman–Crippen LogP) is 4.65. The number of nitrogens with one attached hydrogen (secondary N) is 1. The van der Waals surface area contributed by atoms with E-state index in [1.807, 2.05) is 6.07 Å². The molecule has 2 aliphatic heterocycles. The Hall–Kier alpha value is -2.02. The van der Waals surface area contributed by atoms with Crippen LogP contribution in [0.3, 0.4) is 0 Å². The number of carbonyl (C=O) groups is 2. The molecular weight excluding hydrogens is 408 g/mol. The molecule has 1 saturated heterocycles. The Labute approximate surface area is 190 Å². The van der Waals surface area contributed by atoms with Gasteiger partial charge >= 0.3 is 6.03 Å². The van der Waals surface area contributed by atoms with Gasteiger partial charge in [-0.25, -0.2) is 9.79 Å². The van der Waals surface area contributed by atoms with Crippen molar-refractivity contribution in [2.45, 2.75) is 76.9 Å². The third-order valence-corrected chi connectivity index (χ3v) is 7.10. The van der Waals surface area contributed by atoms with Crippen molar-refractivity contribution >= 4 is 28.9 Å². The monoisotopic (exact) mass is 444 g/mol. The molecule has 3 amide bonds. The van der Waals surface area contributed by atoms with Gasteiger partial charge in [-0.3, -0.25) is 10.1 Å². The van der Waals surface area contributed by atoms with E-state index in [1.54, 1.807) is 23.7 Å². The molecule has 7 heteroatoms. The highest BCUT2D eigenvalue weighted by Gasteiger charge is 2.48. The average Bonchev–Trinajstić information content (AvgIpc) is 3.14. The maximum atomic E-state index is 12.6. The summed E-state index contributed by atoms with van der Waals surface area (Å²) in [5, 5.41) is 3.40. The van der Waals surface area contributed by atoms with Gasteiger partial charge in [0, 0.05) is 19.3 Å². The largest absolute Gasteiger partial charge is 0.336 e. The highest BCUT2D eigenvalue weighted by Crippen LogP contribution is 2.29. The first-order chi connectivity index (χ1) is 15.1. The van der Waals surface area contributed by atoms with Crippen LogP contribution >= 0.6 is 11.8 Å². The number of nitrogens with zero attached hydrogens (tertiary/aromatic N) is 3. The minimum Gasteiger partial charge on any atom is -0.336 e. The van der Waals surface area contributed by atoms with Crippen LogP contribution in [0.15, 0.2) is 35.3 Å². The van der Waals surface area contributed by atoms with Gasteiger partial charge in [-0.1, -0.05) is 87.5 Å². The van der Waals surface area contributed by atoms with Crippen LogP contribution in [0.5, 0.6) is 0 Å². The van der Waals surface area contributed by atoms with Crippen LogP contribution in [0.2, 0.25) is 0 Å². The highest BCUT2D eigenvalue weighted by molar-refractivity contribution is 8.13. The number of likely N-dealkylation sites (N-methyl/N-ethyl adjacent to an activating group) is 1. The normalized spacial score (nSPS) is 20.6. The first kappa shape index (κ1) is 23.6. The molecule has 0 aromatic heterocycles. The maximum absolute atomic E-state index is 12.6. The fourth-order valence-corrected chi connectivity index (χ4v) is 5.20. The van der Waals surface area contributed by atoms with Crippen molar-refractivity contribution in [2.24, 2.45) is 4.99 Å². The number of rotatable bonds is 12. The van der Waals surface area contributed by atoms with E-state index in [4.69, 9.17) is 4.99 Å². The Morgan fingerprint density at radius 2 is 1.71 bits per heavy atom. The van der Waals surface area contributed by atoms with E-state index in [0.29, 0.717) is 0 Å². The Bertz CT molecular complexity index is 755. The van der Waals surface area contributed by atoms with Crippen LogP contribution in [0.1, 0.15) is 63.9 Å². The number of amidine groups is 1. The van der Waals surface area contributed by atoms with Crippen molar-refractivity contribution in [3.8, 4) is 0 Å². The molecule has 1 aromatic carbocycles. The molecule has 170 valence electrons. The molecule has 0 radical (unpaired) electrons. The first-order valence-corrected chi connectivity index (χ1v) is 12.7. The third kappa shape index (κ3) is 6.48. The lowest BCUT2D eigenvalue weighted by Crippen LogP contribution is -2.63. The van der Waals surface area contributed by atoms with Gasteiger partial charge in [0.15, 0.2) is 17.4 Å². The second-order valence-electron chi connectivity index (χ2n) is 8.43. The number of urea groups is 1. The standard InChI is InChI=1S/C24H36N4O2S/c1-3-4-5-6-7-8-12-17-28-20-21(27(2)23(30)26-22(20)29)25-24(28)31-18-13-16-19-14-10-9-11-15-19/h9-11,14-15,20-21H,3-8,12-13,16-18H2,1-2H3,(H,26,29,30). The molecule has 0 aliphatic carbocycles. The molecule has 6 nitrogen and oxygen atoms in total. The van der Waals surface area contributed by atoms with Crippen molar-refractivity contribution in [3.05, 3.63) is 35.9 Å². The molecule has 1 aromatic rings. The van der Waals surface area contributed by atoms with Gasteiger partial charge in [0.05, 0.1) is 0 Å². The summed E-state index contributed by atoms with van der Waals surface area (Å²) in [6.07, 6.45) is 10.3. The van der Waals surface area contributed by atoms with Crippen molar-refractivity contribution in [1.82, 2.24) is 15.1 Å². The number of unbranched alkanes of at least 4 members (excludes halogenated alkanes) is 6. The SMILES string of the molecule is CCCCCCCCCN1C(SCCCc2ccccc2)=NC2C1C(=O)NC(=O)N2C. The molecule has 1 fully saturated rings. The fraction of sp³-hybridized carbons (Fsp3) is 0.625. The number of fused-ring (bicyclic) bond motifs is 1. The molecule has 2 unspecified atom stereocenters. The highest BCUT2D eigenvalue weighted by atomic mass is 32.2. The second-order valence-corrected chi connectivity index (χ2v) is 9.49. The molecule has 1 N–H and O–H groups in total. The van der Waals surface area contributed by atoms with Gasteiger partial charge < -0.3 is 9.80 Å². The summed E-state index contributed by atoms with van der Waals surface area (Å²) in [5.74, 6) is 0.722. The molecule has 31 heavy (non-hydrogen) atoms. The summed E-state index contributed by atoms with van der Waals surface area (Å²) in [5.41, 5.74) is 1.34. The Balaban J connectivity index is 1.54. The smallest absolute Gasteiger partial charge is 0.325 e. The number of hydrogen-bond acceptors (Lipinski definition) is 5. The van der Waals surface area contributed by atoms with Crippen molar-refractivity contribution < 1.29 is 9.59 Å². The molecule has 3 rings (SSSR count). The van der Waals surface area contributed by atoms with Crippen LogP contribution < -0.4 is 5.32 Å². The second kappa shape index (κ2) is 12.1. The quantitative estimate of drug-likeness (QED) is 0.477. The number of carbonyl (C=O) groups excluding carboxylic acids is 2. The van der Waals surface area contributed by atoms with Crippen molar-refractivity contribution in [3.63, 3.8) is 0 Å². The molecular formula is C24H36N4O2S. The van der Waals surface area contributed by atoms with Crippen molar-refractivity contribution in [2.75, 3.05) is 19.3 Å². The van der Waals surface area contributed by atoms with E-state index in [0.717, 1.165) is 36.7 Å². The molecule has 2 atom stereocenters. The van der Waals surface area contributed by atoms with Gasteiger partial charge in [-0.15, -0.1) is 0 Å². The molecule has 2 heterocycles. The van der Waals surface area contributed by atoms with Gasteiger partial charge in [0.1, 0.15) is 0 Å². The number of hydrogen-bond donors (Lipinski definition) is 1. The lowest BCUT2D eigenvalue weighted by atomic mass is 10.1. The van der Waals surface area contributed by atoms with Crippen LogP contribution in [-0.4, -0.2) is 58.5 Å². The van der Waals surface area contributed by atoms with Crippen LogP contribution in [0.25, 0.3) is 0 Å². The number of benzene rings is 1. The van der Waals surface area contributed by atoms with Gasteiger partial charge in [0.25, 0.3) is 5.91 Å². The van der Waals surface area contributed by atoms with Crippen LogP contribution in [0, 0.1) is 0 Å². The third-order valence-electron chi connectivity index (χ3n) is 6.01. The molecule has 2 aliphatic rings. The lowest BCUT2D eigenvalue weighted by molar-refractivity contribution is -0.127. The Morgan fingerprint density at radius 3 is 2.45 bits per heavy atom.